The molecular weight excluding hydrogens is 124 g/mol. The van der Waals surface area contributed by atoms with Gasteiger partial charge in [-0.2, -0.15) is 0 Å². The molecule has 0 bridgehead atoms. The Kier molecular flexibility index (Phi) is 2.87. The van der Waals surface area contributed by atoms with Gasteiger partial charge < -0.3 is 5.32 Å². The lowest BCUT2D eigenvalue weighted by molar-refractivity contribution is 0.455. The normalized spacial score (nSPS) is 23.2. The minimum absolute atomic E-state index is 0.756. The second-order valence-electron chi connectivity index (χ2n) is 2.89. The van der Waals surface area contributed by atoms with Crippen LogP contribution in [0, 0.1) is 5.92 Å². The second kappa shape index (κ2) is 3.71. The Bertz CT molecular complexity index is 123. The van der Waals surface area contributed by atoms with E-state index in [9.17, 15) is 0 Å². The van der Waals surface area contributed by atoms with Crippen LogP contribution in [0.15, 0.2) is 4.99 Å². The molecule has 2 heteroatoms. The molecule has 1 heterocycles. The maximum Gasteiger partial charge on any atom is 0.0276 e. The third kappa shape index (κ3) is 1.81. The van der Waals surface area contributed by atoms with Gasteiger partial charge in [-0.25, -0.2) is 0 Å². The van der Waals surface area contributed by atoms with Gasteiger partial charge in [0.1, 0.15) is 0 Å². The first-order chi connectivity index (χ1) is 4.84. The van der Waals surface area contributed by atoms with Gasteiger partial charge in [-0.3, -0.25) is 4.99 Å². The van der Waals surface area contributed by atoms with E-state index in [1.54, 1.807) is 0 Å². The zero-order chi connectivity index (χ0) is 7.40. The van der Waals surface area contributed by atoms with Gasteiger partial charge >= 0.3 is 0 Å². The molecule has 1 rings (SSSR count). The van der Waals surface area contributed by atoms with Crippen molar-refractivity contribution in [3.05, 3.63) is 0 Å². The molecule has 1 fully saturated rings. The summed E-state index contributed by atoms with van der Waals surface area (Å²) in [6, 6.07) is 0. The summed E-state index contributed by atoms with van der Waals surface area (Å²) in [5.74, 6) is 0.756. The van der Waals surface area contributed by atoms with E-state index < -0.39 is 0 Å². The molecule has 1 saturated heterocycles. The van der Waals surface area contributed by atoms with Gasteiger partial charge in [0.05, 0.1) is 0 Å². The fourth-order valence-electron chi connectivity index (χ4n) is 1.42. The largest absolute Gasteiger partial charge is 0.317 e. The van der Waals surface area contributed by atoms with Crippen LogP contribution in [0.3, 0.4) is 0 Å². The first kappa shape index (κ1) is 7.73. The van der Waals surface area contributed by atoms with Gasteiger partial charge in [0, 0.05) is 12.8 Å². The van der Waals surface area contributed by atoms with Crippen LogP contribution in [0.1, 0.15) is 19.8 Å². The van der Waals surface area contributed by atoms with E-state index in [4.69, 9.17) is 0 Å². The van der Waals surface area contributed by atoms with Crippen LogP contribution in [0.5, 0.6) is 0 Å². The Labute approximate surface area is 62.7 Å². The standard InChI is InChI=1S/C8H16N2/c1-7(9-2)8-3-5-10-6-4-8/h8,10H,3-6H2,1-2H3. The highest BCUT2D eigenvalue weighted by Gasteiger charge is 2.14. The summed E-state index contributed by atoms with van der Waals surface area (Å²) < 4.78 is 0. The van der Waals surface area contributed by atoms with Gasteiger partial charge in [-0.15, -0.1) is 0 Å². The molecule has 0 amide bonds. The molecule has 10 heavy (non-hydrogen) atoms. The summed E-state index contributed by atoms with van der Waals surface area (Å²) in [6.07, 6.45) is 2.53. The predicted molar refractivity (Wildman–Crippen MR) is 44.6 cm³/mol. The maximum absolute atomic E-state index is 4.20. The van der Waals surface area contributed by atoms with E-state index in [-0.39, 0.29) is 0 Å². The first-order valence-corrected chi connectivity index (χ1v) is 3.98. The monoisotopic (exact) mass is 140 g/mol. The predicted octanol–water partition coefficient (Wildman–Crippen LogP) is 1.08. The molecule has 0 unspecified atom stereocenters. The third-order valence-corrected chi connectivity index (χ3v) is 2.28. The Hall–Kier alpha value is -0.370. The van der Waals surface area contributed by atoms with Crippen LogP contribution in [0.25, 0.3) is 0 Å². The zero-order valence-electron chi connectivity index (χ0n) is 6.85. The number of rotatable bonds is 1. The average Bonchev–Trinajstić information content (AvgIpc) is 2.05. The average molecular weight is 140 g/mol. The molecule has 1 aliphatic heterocycles. The second-order valence-corrected chi connectivity index (χ2v) is 2.89. The molecule has 58 valence electrons. The van der Waals surface area contributed by atoms with Crippen molar-refractivity contribution in [3.8, 4) is 0 Å². The van der Waals surface area contributed by atoms with Gasteiger partial charge in [-0.05, 0) is 38.8 Å². The molecule has 0 radical (unpaired) electrons. The van der Waals surface area contributed by atoms with E-state index >= 15 is 0 Å². The lowest BCUT2D eigenvalue weighted by Gasteiger charge is -2.21. The Morgan fingerprint density at radius 2 is 2.00 bits per heavy atom. The van der Waals surface area contributed by atoms with Gasteiger partial charge in [0.2, 0.25) is 0 Å². The van der Waals surface area contributed by atoms with Crippen LogP contribution in [0.2, 0.25) is 0 Å². The molecule has 2 nitrogen and oxygen atoms in total. The molecule has 0 aliphatic carbocycles. The van der Waals surface area contributed by atoms with E-state index in [1.807, 2.05) is 7.05 Å². The van der Waals surface area contributed by atoms with E-state index in [2.05, 4.69) is 17.2 Å². The summed E-state index contributed by atoms with van der Waals surface area (Å²) in [5, 5.41) is 3.34. The lowest BCUT2D eigenvalue weighted by atomic mass is 9.94. The minimum Gasteiger partial charge on any atom is -0.317 e. The highest BCUT2D eigenvalue weighted by molar-refractivity contribution is 5.84. The zero-order valence-corrected chi connectivity index (χ0v) is 6.85. The summed E-state index contributed by atoms with van der Waals surface area (Å²) in [7, 11) is 1.89. The maximum atomic E-state index is 4.20. The van der Waals surface area contributed by atoms with Crippen LogP contribution in [0.4, 0.5) is 0 Å². The number of nitrogens with zero attached hydrogens (tertiary/aromatic N) is 1. The number of hydrogen-bond acceptors (Lipinski definition) is 2. The quantitative estimate of drug-likeness (QED) is 0.541. The lowest BCUT2D eigenvalue weighted by Crippen LogP contribution is -2.30. The Morgan fingerprint density at radius 1 is 1.40 bits per heavy atom. The number of aliphatic imine (C=N–C) groups is 1. The van der Waals surface area contributed by atoms with E-state index in [0.29, 0.717) is 0 Å². The molecule has 0 aromatic carbocycles. The van der Waals surface area contributed by atoms with Gasteiger partial charge in [0.15, 0.2) is 0 Å². The molecule has 0 spiro atoms. The minimum atomic E-state index is 0.756. The van der Waals surface area contributed by atoms with Crippen LogP contribution in [-0.4, -0.2) is 25.8 Å². The van der Waals surface area contributed by atoms with Gasteiger partial charge in [-0.1, -0.05) is 0 Å². The highest BCUT2D eigenvalue weighted by atomic mass is 14.9. The smallest absolute Gasteiger partial charge is 0.0276 e. The van der Waals surface area contributed by atoms with Crippen molar-refractivity contribution in [3.63, 3.8) is 0 Å². The van der Waals surface area contributed by atoms with Crippen LogP contribution in [-0.2, 0) is 0 Å². The van der Waals surface area contributed by atoms with Gasteiger partial charge in [0.25, 0.3) is 0 Å². The number of nitrogens with one attached hydrogen (secondary N) is 1. The molecule has 1 aliphatic rings. The molecular formula is C8H16N2. The summed E-state index contributed by atoms with van der Waals surface area (Å²) >= 11 is 0. The van der Waals surface area contributed by atoms with Crippen molar-refractivity contribution >= 4 is 5.71 Å². The first-order valence-electron chi connectivity index (χ1n) is 3.98. The van der Waals surface area contributed by atoms with Crippen LogP contribution >= 0.6 is 0 Å². The molecule has 0 atom stereocenters. The fraction of sp³-hybridized carbons (Fsp3) is 0.875. The topological polar surface area (TPSA) is 24.4 Å². The summed E-state index contributed by atoms with van der Waals surface area (Å²) in [5.41, 5.74) is 1.32. The molecule has 0 aromatic heterocycles. The highest BCUT2D eigenvalue weighted by Crippen LogP contribution is 2.12. The van der Waals surface area contributed by atoms with Crippen molar-refractivity contribution in [1.29, 1.82) is 0 Å². The van der Waals surface area contributed by atoms with Crippen molar-refractivity contribution in [1.82, 2.24) is 5.32 Å². The fourth-order valence-corrected chi connectivity index (χ4v) is 1.42. The molecule has 1 N–H and O–H groups in total. The third-order valence-electron chi connectivity index (χ3n) is 2.28. The van der Waals surface area contributed by atoms with E-state index in [0.717, 1.165) is 19.0 Å². The van der Waals surface area contributed by atoms with Crippen molar-refractivity contribution < 1.29 is 0 Å². The SMILES string of the molecule is CN=C(C)C1CCNCC1. The Morgan fingerprint density at radius 3 is 2.50 bits per heavy atom. The summed E-state index contributed by atoms with van der Waals surface area (Å²) in [6.45, 7) is 4.46. The van der Waals surface area contributed by atoms with Crippen molar-refractivity contribution in [2.24, 2.45) is 10.9 Å². The summed E-state index contributed by atoms with van der Waals surface area (Å²) in [4.78, 5) is 4.20. The molecule has 0 saturated carbocycles. The number of piperidine rings is 1. The molecule has 0 aromatic rings. The van der Waals surface area contributed by atoms with E-state index in [1.165, 1.54) is 18.6 Å². The van der Waals surface area contributed by atoms with Crippen molar-refractivity contribution in [2.75, 3.05) is 20.1 Å². The van der Waals surface area contributed by atoms with Crippen molar-refractivity contribution in [2.45, 2.75) is 19.8 Å². The Balaban J connectivity index is 2.39. The number of hydrogen-bond donors (Lipinski definition) is 1. The van der Waals surface area contributed by atoms with Crippen LogP contribution < -0.4 is 5.32 Å².